The predicted octanol–water partition coefficient (Wildman–Crippen LogP) is 4.02. The molecule has 28 heavy (non-hydrogen) atoms. The quantitative estimate of drug-likeness (QED) is 0.518. The van der Waals surface area contributed by atoms with Crippen LogP contribution < -0.4 is 10.1 Å². The molecule has 2 heterocycles. The van der Waals surface area contributed by atoms with Crippen molar-refractivity contribution in [1.82, 2.24) is 15.5 Å². The summed E-state index contributed by atoms with van der Waals surface area (Å²) in [5.74, 6) is 0.854. The van der Waals surface area contributed by atoms with Crippen molar-refractivity contribution in [1.29, 1.82) is 0 Å². The summed E-state index contributed by atoms with van der Waals surface area (Å²) in [4.78, 5) is 17.3. The molecule has 0 fully saturated rings. The van der Waals surface area contributed by atoms with E-state index < -0.39 is 5.82 Å². The molecule has 0 bridgehead atoms. The highest BCUT2D eigenvalue weighted by molar-refractivity contribution is 7.13. The second-order valence-corrected chi connectivity index (χ2v) is 7.24. The van der Waals surface area contributed by atoms with Crippen molar-refractivity contribution in [2.24, 2.45) is 0 Å². The van der Waals surface area contributed by atoms with Gasteiger partial charge in [-0.2, -0.15) is 4.98 Å². The molecular formula is C20H22FN3O3S. The number of benzene rings is 1. The molecule has 3 rings (SSSR count). The van der Waals surface area contributed by atoms with Crippen LogP contribution in [-0.4, -0.2) is 29.7 Å². The van der Waals surface area contributed by atoms with Crippen LogP contribution in [0.2, 0.25) is 0 Å². The number of aromatic nitrogens is 2. The number of thiophene rings is 1. The summed E-state index contributed by atoms with van der Waals surface area (Å²) in [6, 6.07) is 8.46. The first-order valence-electron chi connectivity index (χ1n) is 9.11. The highest BCUT2D eigenvalue weighted by Crippen LogP contribution is 2.21. The standard InChI is InChI=1S/C20H22FN3O3S/c1-26-16-9-8-14(12-15(16)21)13-18(25)22-10-4-2-3-7-19-23-20(24-27-19)17-6-5-11-28-17/h5-6,8-9,11-12H,2-4,7,10,13H2,1H3,(H,22,25). The molecule has 0 saturated carbocycles. The van der Waals surface area contributed by atoms with Crippen molar-refractivity contribution in [3.05, 3.63) is 53.0 Å². The Balaban J connectivity index is 1.30. The van der Waals surface area contributed by atoms with E-state index in [0.717, 1.165) is 30.6 Å². The van der Waals surface area contributed by atoms with Gasteiger partial charge in [-0.25, -0.2) is 4.39 Å². The van der Waals surface area contributed by atoms with Crippen LogP contribution in [0.15, 0.2) is 40.2 Å². The second kappa shape index (κ2) is 9.98. The van der Waals surface area contributed by atoms with Gasteiger partial charge in [0.1, 0.15) is 0 Å². The van der Waals surface area contributed by atoms with Gasteiger partial charge >= 0.3 is 0 Å². The van der Waals surface area contributed by atoms with Gasteiger partial charge in [-0.1, -0.05) is 23.7 Å². The molecule has 0 atom stereocenters. The third-order valence-corrected chi connectivity index (χ3v) is 5.05. The summed E-state index contributed by atoms with van der Waals surface area (Å²) < 4.78 is 23.8. The number of aryl methyl sites for hydroxylation is 1. The topological polar surface area (TPSA) is 77.2 Å². The number of halogens is 1. The molecule has 3 aromatic rings. The van der Waals surface area contributed by atoms with Gasteiger partial charge in [0.25, 0.3) is 0 Å². The molecule has 0 aliphatic rings. The Bertz CT molecular complexity index is 896. The fraction of sp³-hybridized carbons (Fsp3) is 0.350. The maximum Gasteiger partial charge on any atom is 0.226 e. The largest absolute Gasteiger partial charge is 0.494 e. The molecule has 0 saturated heterocycles. The number of ether oxygens (including phenoxy) is 1. The Labute approximate surface area is 166 Å². The van der Waals surface area contributed by atoms with Gasteiger partial charge in [0.15, 0.2) is 11.6 Å². The number of methoxy groups -OCH3 is 1. The van der Waals surface area contributed by atoms with E-state index in [1.807, 2.05) is 17.5 Å². The van der Waals surface area contributed by atoms with Crippen molar-refractivity contribution in [3.8, 4) is 16.5 Å². The molecule has 0 aliphatic heterocycles. The average molecular weight is 403 g/mol. The molecule has 148 valence electrons. The summed E-state index contributed by atoms with van der Waals surface area (Å²) >= 11 is 1.58. The number of carbonyl (C=O) groups excluding carboxylic acids is 1. The highest BCUT2D eigenvalue weighted by atomic mass is 32.1. The van der Waals surface area contributed by atoms with E-state index >= 15 is 0 Å². The number of carbonyl (C=O) groups is 1. The second-order valence-electron chi connectivity index (χ2n) is 6.30. The number of hydrogen-bond donors (Lipinski definition) is 1. The minimum Gasteiger partial charge on any atom is -0.494 e. The number of nitrogens with zero attached hydrogens (tertiary/aromatic N) is 2. The average Bonchev–Trinajstić information content (AvgIpc) is 3.36. The van der Waals surface area contributed by atoms with Crippen molar-refractivity contribution in [3.63, 3.8) is 0 Å². The number of nitrogens with one attached hydrogen (secondary N) is 1. The Kier molecular flexibility index (Phi) is 7.13. The van der Waals surface area contributed by atoms with Crippen LogP contribution in [0.3, 0.4) is 0 Å². The van der Waals surface area contributed by atoms with Crippen LogP contribution in [0.25, 0.3) is 10.7 Å². The predicted molar refractivity (Wildman–Crippen MR) is 105 cm³/mol. The molecule has 2 aromatic heterocycles. The van der Waals surface area contributed by atoms with E-state index in [1.54, 1.807) is 17.4 Å². The summed E-state index contributed by atoms with van der Waals surface area (Å²) in [6.07, 6.45) is 3.57. The lowest BCUT2D eigenvalue weighted by atomic mass is 10.1. The first-order valence-corrected chi connectivity index (χ1v) is 9.99. The van der Waals surface area contributed by atoms with Gasteiger partial charge in [0.05, 0.1) is 18.4 Å². The Hall–Kier alpha value is -2.74. The fourth-order valence-electron chi connectivity index (χ4n) is 2.74. The summed E-state index contributed by atoms with van der Waals surface area (Å²) in [6.45, 7) is 0.585. The lowest BCUT2D eigenvalue weighted by molar-refractivity contribution is -0.120. The zero-order valence-electron chi connectivity index (χ0n) is 15.6. The van der Waals surface area contributed by atoms with Crippen LogP contribution in [0, 0.1) is 5.82 Å². The van der Waals surface area contributed by atoms with Gasteiger partial charge in [0, 0.05) is 13.0 Å². The fourth-order valence-corrected chi connectivity index (χ4v) is 3.39. The molecule has 8 heteroatoms. The molecule has 0 unspecified atom stereocenters. The number of rotatable bonds is 10. The minimum absolute atomic E-state index is 0.123. The van der Waals surface area contributed by atoms with E-state index in [4.69, 9.17) is 9.26 Å². The third kappa shape index (κ3) is 5.63. The third-order valence-electron chi connectivity index (χ3n) is 4.18. The van der Waals surface area contributed by atoms with Gasteiger partial charge in [0.2, 0.25) is 17.6 Å². The molecule has 1 N–H and O–H groups in total. The Morgan fingerprint density at radius 1 is 1.29 bits per heavy atom. The van der Waals surface area contributed by atoms with Crippen LogP contribution in [-0.2, 0) is 17.6 Å². The van der Waals surface area contributed by atoms with Crippen LogP contribution in [0.4, 0.5) is 4.39 Å². The summed E-state index contributed by atoms with van der Waals surface area (Å²) in [5, 5.41) is 8.82. The summed E-state index contributed by atoms with van der Waals surface area (Å²) in [7, 11) is 1.41. The molecule has 0 spiro atoms. The van der Waals surface area contributed by atoms with Crippen LogP contribution >= 0.6 is 11.3 Å². The Morgan fingerprint density at radius 3 is 2.93 bits per heavy atom. The summed E-state index contributed by atoms with van der Waals surface area (Å²) in [5.41, 5.74) is 0.619. The van der Waals surface area contributed by atoms with E-state index in [1.165, 1.54) is 19.2 Å². The maximum absolute atomic E-state index is 13.6. The first kappa shape index (κ1) is 20.0. The molecule has 0 radical (unpaired) electrons. The Morgan fingerprint density at radius 2 is 2.18 bits per heavy atom. The lowest BCUT2D eigenvalue weighted by Crippen LogP contribution is -2.26. The molecule has 0 aliphatic carbocycles. The molecule has 6 nitrogen and oxygen atoms in total. The molecule has 1 amide bonds. The molecular weight excluding hydrogens is 381 g/mol. The van der Waals surface area contributed by atoms with Crippen LogP contribution in [0.5, 0.6) is 5.75 Å². The van der Waals surface area contributed by atoms with Crippen molar-refractivity contribution < 1.29 is 18.4 Å². The minimum atomic E-state index is -0.462. The van der Waals surface area contributed by atoms with E-state index in [9.17, 15) is 9.18 Å². The van der Waals surface area contributed by atoms with E-state index in [0.29, 0.717) is 23.8 Å². The normalized spacial score (nSPS) is 10.8. The number of unbranched alkanes of at least 4 members (excludes halogenated alkanes) is 2. The maximum atomic E-state index is 13.6. The molecule has 1 aromatic carbocycles. The number of hydrogen-bond acceptors (Lipinski definition) is 6. The smallest absolute Gasteiger partial charge is 0.226 e. The van der Waals surface area contributed by atoms with Crippen molar-refractivity contribution in [2.75, 3.05) is 13.7 Å². The monoisotopic (exact) mass is 403 g/mol. The van der Waals surface area contributed by atoms with Gasteiger partial charge in [-0.05, 0) is 42.0 Å². The van der Waals surface area contributed by atoms with E-state index in [-0.39, 0.29) is 18.1 Å². The van der Waals surface area contributed by atoms with E-state index in [2.05, 4.69) is 15.5 Å². The van der Waals surface area contributed by atoms with Gasteiger partial charge in [-0.3, -0.25) is 4.79 Å². The van der Waals surface area contributed by atoms with Gasteiger partial charge in [-0.15, -0.1) is 11.3 Å². The highest BCUT2D eigenvalue weighted by Gasteiger charge is 2.09. The zero-order chi connectivity index (χ0) is 19.8. The lowest BCUT2D eigenvalue weighted by Gasteiger charge is -2.07. The van der Waals surface area contributed by atoms with Gasteiger partial charge < -0.3 is 14.6 Å². The van der Waals surface area contributed by atoms with Crippen molar-refractivity contribution in [2.45, 2.75) is 32.1 Å². The first-order chi connectivity index (χ1) is 13.7. The zero-order valence-corrected chi connectivity index (χ0v) is 16.4. The SMILES string of the molecule is COc1ccc(CC(=O)NCCCCCc2nc(-c3cccs3)no2)cc1F. The van der Waals surface area contributed by atoms with Crippen molar-refractivity contribution >= 4 is 17.2 Å². The number of amides is 1. The van der Waals surface area contributed by atoms with Crippen LogP contribution in [0.1, 0.15) is 30.7 Å².